The van der Waals surface area contributed by atoms with Crippen LogP contribution in [0.3, 0.4) is 0 Å². The molecule has 0 spiro atoms. The van der Waals surface area contributed by atoms with Gasteiger partial charge in [0.25, 0.3) is 0 Å². The molecule has 2 N–H and O–H groups in total. The average Bonchev–Trinajstić information content (AvgIpc) is 2.55. The second-order valence-corrected chi connectivity index (χ2v) is 7.25. The predicted molar refractivity (Wildman–Crippen MR) is 90.3 cm³/mol. The first-order valence-corrected chi connectivity index (χ1v) is 8.79. The minimum Gasteiger partial charge on any atom is -0.486 e. The molecule has 122 valence electrons. The van der Waals surface area contributed by atoms with Crippen LogP contribution in [0.5, 0.6) is 11.5 Å². The SMILES string of the molecule is CC(C)c1c(C2(CN)CCCCC2)cc2c(c1Cl)OCCO2. The molecule has 0 bridgehead atoms. The van der Waals surface area contributed by atoms with Gasteiger partial charge in [-0.25, -0.2) is 0 Å². The molecule has 0 amide bonds. The minimum absolute atomic E-state index is 0.0390. The van der Waals surface area contributed by atoms with Crippen LogP contribution < -0.4 is 15.2 Å². The summed E-state index contributed by atoms with van der Waals surface area (Å²) in [6, 6.07) is 2.16. The fraction of sp³-hybridized carbons (Fsp3) is 0.667. The van der Waals surface area contributed by atoms with E-state index in [0.29, 0.717) is 31.4 Å². The van der Waals surface area contributed by atoms with E-state index in [1.165, 1.54) is 30.4 Å². The van der Waals surface area contributed by atoms with Crippen LogP contribution in [0.2, 0.25) is 5.02 Å². The normalized spacial score (nSPS) is 20.2. The zero-order valence-corrected chi connectivity index (χ0v) is 14.3. The number of hydrogen-bond donors (Lipinski definition) is 1. The van der Waals surface area contributed by atoms with E-state index in [0.717, 1.165) is 23.6 Å². The molecule has 1 heterocycles. The number of ether oxygens (including phenoxy) is 2. The van der Waals surface area contributed by atoms with E-state index in [2.05, 4.69) is 19.9 Å². The van der Waals surface area contributed by atoms with Crippen molar-refractivity contribution in [2.45, 2.75) is 57.3 Å². The maximum atomic E-state index is 6.72. The van der Waals surface area contributed by atoms with Gasteiger partial charge in [0.1, 0.15) is 13.2 Å². The lowest BCUT2D eigenvalue weighted by Gasteiger charge is -2.40. The van der Waals surface area contributed by atoms with Crippen LogP contribution in [0.25, 0.3) is 0 Å². The smallest absolute Gasteiger partial charge is 0.180 e. The summed E-state index contributed by atoms with van der Waals surface area (Å²) < 4.78 is 11.6. The van der Waals surface area contributed by atoms with E-state index in [-0.39, 0.29) is 5.41 Å². The van der Waals surface area contributed by atoms with Crippen LogP contribution >= 0.6 is 11.6 Å². The lowest BCUT2D eigenvalue weighted by Crippen LogP contribution is -2.38. The molecule has 2 aliphatic rings. The molecule has 0 unspecified atom stereocenters. The van der Waals surface area contributed by atoms with Crippen molar-refractivity contribution in [2.24, 2.45) is 5.73 Å². The molecular weight excluding hydrogens is 298 g/mol. The molecule has 1 aliphatic heterocycles. The first-order chi connectivity index (χ1) is 10.6. The van der Waals surface area contributed by atoms with Crippen molar-refractivity contribution in [3.63, 3.8) is 0 Å². The van der Waals surface area contributed by atoms with E-state index in [1.807, 2.05) is 0 Å². The summed E-state index contributed by atoms with van der Waals surface area (Å²) in [7, 11) is 0. The lowest BCUT2D eigenvalue weighted by atomic mass is 9.67. The molecule has 1 aliphatic carbocycles. The average molecular weight is 324 g/mol. The Hall–Kier alpha value is -0.930. The van der Waals surface area contributed by atoms with Crippen molar-refractivity contribution < 1.29 is 9.47 Å². The van der Waals surface area contributed by atoms with Crippen LogP contribution in [0, 0.1) is 0 Å². The van der Waals surface area contributed by atoms with Gasteiger partial charge in [-0.15, -0.1) is 0 Å². The van der Waals surface area contributed by atoms with Crippen molar-refractivity contribution in [3.8, 4) is 11.5 Å². The van der Waals surface area contributed by atoms with Gasteiger partial charge in [0.15, 0.2) is 11.5 Å². The van der Waals surface area contributed by atoms with Crippen molar-refractivity contribution in [1.29, 1.82) is 0 Å². The Bertz CT molecular complexity index is 551. The second kappa shape index (κ2) is 6.29. The number of halogens is 1. The Morgan fingerprint density at radius 3 is 2.50 bits per heavy atom. The number of fused-ring (bicyclic) bond motifs is 1. The highest BCUT2D eigenvalue weighted by Crippen LogP contribution is 2.50. The molecule has 0 saturated heterocycles. The summed E-state index contributed by atoms with van der Waals surface area (Å²) in [6.45, 7) is 6.19. The van der Waals surface area contributed by atoms with Gasteiger partial charge in [0.05, 0.1) is 5.02 Å². The highest BCUT2D eigenvalue weighted by Gasteiger charge is 2.37. The molecule has 4 heteroatoms. The molecule has 3 rings (SSSR count). The topological polar surface area (TPSA) is 44.5 Å². The van der Waals surface area contributed by atoms with E-state index >= 15 is 0 Å². The maximum Gasteiger partial charge on any atom is 0.180 e. The van der Waals surface area contributed by atoms with Crippen LogP contribution in [-0.4, -0.2) is 19.8 Å². The van der Waals surface area contributed by atoms with Crippen molar-refractivity contribution >= 4 is 11.6 Å². The van der Waals surface area contributed by atoms with Crippen LogP contribution in [0.4, 0.5) is 0 Å². The monoisotopic (exact) mass is 323 g/mol. The summed E-state index contributed by atoms with van der Waals surface area (Å²) in [5, 5.41) is 0.723. The number of hydrogen-bond acceptors (Lipinski definition) is 3. The molecule has 1 saturated carbocycles. The Morgan fingerprint density at radius 1 is 1.18 bits per heavy atom. The van der Waals surface area contributed by atoms with E-state index in [1.54, 1.807) is 0 Å². The Morgan fingerprint density at radius 2 is 1.86 bits per heavy atom. The molecule has 22 heavy (non-hydrogen) atoms. The number of benzene rings is 1. The third kappa shape index (κ3) is 2.59. The van der Waals surface area contributed by atoms with Gasteiger partial charge in [0, 0.05) is 12.0 Å². The second-order valence-electron chi connectivity index (χ2n) is 6.88. The molecular formula is C18H26ClNO2. The summed E-state index contributed by atoms with van der Waals surface area (Å²) >= 11 is 6.72. The van der Waals surface area contributed by atoms with Crippen LogP contribution in [-0.2, 0) is 5.41 Å². The maximum absolute atomic E-state index is 6.72. The van der Waals surface area contributed by atoms with Crippen molar-refractivity contribution in [1.82, 2.24) is 0 Å². The summed E-state index contributed by atoms with van der Waals surface area (Å²) in [4.78, 5) is 0. The van der Waals surface area contributed by atoms with E-state index in [9.17, 15) is 0 Å². The van der Waals surface area contributed by atoms with Crippen LogP contribution in [0.15, 0.2) is 6.07 Å². The zero-order chi connectivity index (χ0) is 15.7. The fourth-order valence-corrected chi connectivity index (χ4v) is 4.44. The molecule has 1 fully saturated rings. The third-order valence-corrected chi connectivity index (χ3v) is 5.54. The van der Waals surface area contributed by atoms with Crippen LogP contribution in [0.1, 0.15) is 63.0 Å². The first-order valence-electron chi connectivity index (χ1n) is 8.41. The van der Waals surface area contributed by atoms with Gasteiger partial charge in [-0.05, 0) is 36.0 Å². The van der Waals surface area contributed by atoms with E-state index < -0.39 is 0 Å². The van der Waals surface area contributed by atoms with Gasteiger partial charge in [-0.2, -0.15) is 0 Å². The quantitative estimate of drug-likeness (QED) is 0.897. The van der Waals surface area contributed by atoms with Gasteiger partial charge in [-0.1, -0.05) is 44.7 Å². The molecule has 0 radical (unpaired) electrons. The minimum atomic E-state index is 0.0390. The molecule has 3 nitrogen and oxygen atoms in total. The number of nitrogens with two attached hydrogens (primary N) is 1. The zero-order valence-electron chi connectivity index (χ0n) is 13.6. The third-order valence-electron chi connectivity index (χ3n) is 5.16. The van der Waals surface area contributed by atoms with Gasteiger partial charge < -0.3 is 15.2 Å². The summed E-state index contributed by atoms with van der Waals surface area (Å²) in [6.07, 6.45) is 6.05. The van der Waals surface area contributed by atoms with E-state index in [4.69, 9.17) is 26.8 Å². The lowest BCUT2D eigenvalue weighted by molar-refractivity contribution is 0.170. The predicted octanol–water partition coefficient (Wildman–Crippen LogP) is 4.40. The molecule has 0 atom stereocenters. The summed E-state index contributed by atoms with van der Waals surface area (Å²) in [5.41, 5.74) is 8.77. The molecule has 1 aromatic rings. The van der Waals surface area contributed by atoms with Crippen molar-refractivity contribution in [2.75, 3.05) is 19.8 Å². The molecule has 1 aromatic carbocycles. The fourth-order valence-electron chi connectivity index (χ4n) is 3.98. The Kier molecular flexibility index (Phi) is 4.56. The number of rotatable bonds is 3. The van der Waals surface area contributed by atoms with Gasteiger partial charge >= 0.3 is 0 Å². The summed E-state index contributed by atoms with van der Waals surface area (Å²) in [5.74, 6) is 1.83. The Labute approximate surface area is 138 Å². The van der Waals surface area contributed by atoms with Crippen molar-refractivity contribution in [3.05, 3.63) is 22.2 Å². The standard InChI is InChI=1S/C18H26ClNO2/c1-12(2)15-13(18(11-20)6-4-3-5-7-18)10-14-17(16(15)19)22-9-8-21-14/h10,12H,3-9,11,20H2,1-2H3. The largest absolute Gasteiger partial charge is 0.486 e. The molecule has 0 aromatic heterocycles. The van der Waals surface area contributed by atoms with Gasteiger partial charge in [0.2, 0.25) is 0 Å². The highest BCUT2D eigenvalue weighted by molar-refractivity contribution is 6.33. The highest BCUT2D eigenvalue weighted by atomic mass is 35.5. The first kappa shape index (κ1) is 15.9. The Balaban J connectivity index is 2.18. The van der Waals surface area contributed by atoms with Gasteiger partial charge in [-0.3, -0.25) is 0 Å².